The second-order valence-electron chi connectivity index (χ2n) is 10.9. The van der Waals surface area contributed by atoms with Crippen LogP contribution in [-0.4, -0.2) is 90.4 Å². The summed E-state index contributed by atoms with van der Waals surface area (Å²) in [5.74, 6) is 2.09. The lowest BCUT2D eigenvalue weighted by Gasteiger charge is -2.30. The first-order valence-electron chi connectivity index (χ1n) is 14.0. The minimum absolute atomic E-state index is 0.0579. The second kappa shape index (κ2) is 12.9. The first-order chi connectivity index (χ1) is 19.4. The number of benzene rings is 1. The monoisotopic (exact) mass is 556 g/mol. The van der Waals surface area contributed by atoms with Gasteiger partial charge in [-0.2, -0.15) is 9.97 Å². The maximum absolute atomic E-state index is 14.1. The van der Waals surface area contributed by atoms with E-state index in [4.69, 9.17) is 14.7 Å². The van der Waals surface area contributed by atoms with Crippen LogP contribution in [0.1, 0.15) is 37.9 Å². The average Bonchev–Trinajstić information content (AvgIpc) is 3.36. The highest BCUT2D eigenvalue weighted by molar-refractivity contribution is 5.78. The molecule has 40 heavy (non-hydrogen) atoms. The van der Waals surface area contributed by atoms with Gasteiger partial charge in [0.25, 0.3) is 6.43 Å². The summed E-state index contributed by atoms with van der Waals surface area (Å²) in [6.07, 6.45) is 1.42. The van der Waals surface area contributed by atoms with E-state index in [-0.39, 0.29) is 11.7 Å². The maximum Gasteiger partial charge on any atom is 0.296 e. The van der Waals surface area contributed by atoms with Gasteiger partial charge < -0.3 is 25.2 Å². The number of imidazole rings is 1. The van der Waals surface area contributed by atoms with E-state index in [1.807, 2.05) is 25.1 Å². The number of hydrogen-bond acceptors (Lipinski definition) is 8. The smallest absolute Gasteiger partial charge is 0.296 e. The summed E-state index contributed by atoms with van der Waals surface area (Å²) in [6.45, 7) is 4.30. The molecule has 1 aliphatic heterocycles. The normalized spacial score (nSPS) is 19.9. The van der Waals surface area contributed by atoms with E-state index in [0.717, 1.165) is 25.7 Å². The van der Waals surface area contributed by atoms with Gasteiger partial charge in [0.2, 0.25) is 11.9 Å². The van der Waals surface area contributed by atoms with E-state index >= 15 is 0 Å². The number of fused-ring (bicyclic) bond motifs is 1. The van der Waals surface area contributed by atoms with Crippen molar-refractivity contribution in [2.45, 2.75) is 32.1 Å². The average molecular weight is 557 g/mol. The molecular formula is C28H38F2N8O2. The molecule has 3 heterocycles. The van der Waals surface area contributed by atoms with Crippen LogP contribution in [0.25, 0.3) is 16.9 Å². The van der Waals surface area contributed by atoms with Crippen LogP contribution in [0.2, 0.25) is 0 Å². The number of alkyl halides is 2. The molecule has 0 atom stereocenters. The van der Waals surface area contributed by atoms with Crippen LogP contribution < -0.4 is 15.5 Å². The van der Waals surface area contributed by atoms with E-state index in [1.165, 1.54) is 4.57 Å². The highest BCUT2D eigenvalue weighted by Gasteiger charge is 2.25. The van der Waals surface area contributed by atoms with Crippen molar-refractivity contribution in [1.29, 1.82) is 0 Å². The Bertz CT molecular complexity index is 1290. The van der Waals surface area contributed by atoms with Gasteiger partial charge in [-0.3, -0.25) is 9.36 Å². The fourth-order valence-corrected chi connectivity index (χ4v) is 5.48. The Labute approximate surface area is 233 Å². The van der Waals surface area contributed by atoms with Gasteiger partial charge in [-0.05, 0) is 63.7 Å². The zero-order valence-corrected chi connectivity index (χ0v) is 23.2. The SMILES string of the molecule is CN(C)CC(=O)NC[C@H]1CC[C@H](CNc2nc(N3CCOCC3)cc(-n3c(C(F)F)nc4ccccc43)n2)CC1. The summed E-state index contributed by atoms with van der Waals surface area (Å²) < 4.78 is 35.1. The van der Waals surface area contributed by atoms with Crippen molar-refractivity contribution in [2.24, 2.45) is 11.8 Å². The number of nitrogens with one attached hydrogen (secondary N) is 2. The van der Waals surface area contributed by atoms with Gasteiger partial charge in [0.15, 0.2) is 5.82 Å². The molecule has 5 rings (SSSR count). The van der Waals surface area contributed by atoms with E-state index in [2.05, 4.69) is 20.5 Å². The third-order valence-electron chi connectivity index (χ3n) is 7.61. The summed E-state index contributed by atoms with van der Waals surface area (Å²) >= 11 is 0. The molecule has 0 spiro atoms. The van der Waals surface area contributed by atoms with Crippen molar-refractivity contribution in [3.05, 3.63) is 36.2 Å². The second-order valence-corrected chi connectivity index (χ2v) is 10.9. The molecule has 1 aromatic carbocycles. The fraction of sp³-hybridized carbons (Fsp3) is 0.571. The quantitative estimate of drug-likeness (QED) is 0.392. The Balaban J connectivity index is 1.31. The molecule has 2 N–H and O–H groups in total. The first-order valence-corrected chi connectivity index (χ1v) is 14.0. The maximum atomic E-state index is 14.1. The minimum Gasteiger partial charge on any atom is -0.378 e. The van der Waals surface area contributed by atoms with Crippen LogP contribution in [0.5, 0.6) is 0 Å². The number of likely N-dealkylation sites (N-methyl/N-ethyl adjacent to an activating group) is 1. The number of aromatic nitrogens is 4. The van der Waals surface area contributed by atoms with Crippen molar-refractivity contribution < 1.29 is 18.3 Å². The van der Waals surface area contributed by atoms with Gasteiger partial charge in [0.05, 0.1) is 30.8 Å². The lowest BCUT2D eigenvalue weighted by Crippen LogP contribution is -2.37. The summed E-state index contributed by atoms with van der Waals surface area (Å²) in [5, 5.41) is 6.45. The van der Waals surface area contributed by atoms with E-state index in [9.17, 15) is 13.6 Å². The topological polar surface area (TPSA) is 100 Å². The molecule has 2 aliphatic rings. The molecule has 2 aromatic heterocycles. The van der Waals surface area contributed by atoms with Gasteiger partial charge in [-0.1, -0.05) is 12.1 Å². The Morgan fingerprint density at radius 3 is 2.40 bits per heavy atom. The summed E-state index contributed by atoms with van der Waals surface area (Å²) in [6, 6.07) is 8.85. The van der Waals surface area contributed by atoms with Crippen molar-refractivity contribution in [3.63, 3.8) is 0 Å². The number of nitrogens with zero attached hydrogens (tertiary/aromatic N) is 6. The zero-order valence-electron chi connectivity index (χ0n) is 23.2. The van der Waals surface area contributed by atoms with Crippen LogP contribution in [0.3, 0.4) is 0 Å². The molecular weight excluding hydrogens is 518 g/mol. The highest BCUT2D eigenvalue weighted by Crippen LogP contribution is 2.31. The van der Waals surface area contributed by atoms with Gasteiger partial charge in [-0.25, -0.2) is 13.8 Å². The third kappa shape index (κ3) is 6.84. The molecule has 3 aromatic rings. The summed E-state index contributed by atoms with van der Waals surface area (Å²) in [5.41, 5.74) is 1.07. The minimum atomic E-state index is -2.76. The number of amides is 1. The van der Waals surface area contributed by atoms with E-state index in [0.29, 0.717) is 86.4 Å². The van der Waals surface area contributed by atoms with Gasteiger partial charge >= 0.3 is 0 Å². The third-order valence-corrected chi connectivity index (χ3v) is 7.61. The molecule has 0 radical (unpaired) electrons. The van der Waals surface area contributed by atoms with Gasteiger partial charge in [0, 0.05) is 32.2 Å². The number of carbonyl (C=O) groups excluding carboxylic acids is 1. The number of ether oxygens (including phenoxy) is 1. The van der Waals surface area contributed by atoms with Crippen molar-refractivity contribution in [1.82, 2.24) is 29.7 Å². The Morgan fingerprint density at radius 2 is 1.70 bits per heavy atom. The Morgan fingerprint density at radius 1 is 1.02 bits per heavy atom. The zero-order chi connectivity index (χ0) is 28.1. The van der Waals surface area contributed by atoms with Crippen LogP contribution in [0.4, 0.5) is 20.5 Å². The number of para-hydroxylation sites is 2. The van der Waals surface area contributed by atoms with Crippen LogP contribution in [0, 0.1) is 11.8 Å². The number of hydrogen-bond donors (Lipinski definition) is 2. The highest BCUT2D eigenvalue weighted by atomic mass is 19.3. The predicted molar refractivity (Wildman–Crippen MR) is 150 cm³/mol. The van der Waals surface area contributed by atoms with Crippen molar-refractivity contribution in [3.8, 4) is 5.82 Å². The standard InChI is InChI=1S/C28H38F2N8O2/c1-36(2)18-25(39)31-16-19-7-9-20(10-8-19)17-32-28-34-23(37-11-13-40-14-12-37)15-24(35-28)38-22-6-4-3-5-21(22)33-27(38)26(29)30/h3-6,15,19-20,26H,7-14,16-18H2,1-2H3,(H,31,39)(H,32,34,35)/t19-,20-. The molecule has 0 unspecified atom stereocenters. The predicted octanol–water partition coefficient (Wildman–Crippen LogP) is 3.49. The van der Waals surface area contributed by atoms with Gasteiger partial charge in [0.1, 0.15) is 11.6 Å². The number of morpholine rings is 1. The van der Waals surface area contributed by atoms with E-state index < -0.39 is 6.43 Å². The van der Waals surface area contributed by atoms with Crippen molar-refractivity contribution >= 4 is 28.7 Å². The lowest BCUT2D eigenvalue weighted by atomic mass is 9.82. The molecule has 1 amide bonds. The molecule has 0 bridgehead atoms. The van der Waals surface area contributed by atoms with Crippen molar-refractivity contribution in [2.75, 3.05) is 70.2 Å². The molecule has 1 saturated heterocycles. The largest absolute Gasteiger partial charge is 0.378 e. The van der Waals surface area contributed by atoms with Crippen LogP contribution in [-0.2, 0) is 9.53 Å². The Kier molecular flexibility index (Phi) is 9.05. The molecule has 10 nitrogen and oxygen atoms in total. The first kappa shape index (κ1) is 28.2. The van der Waals surface area contributed by atoms with Crippen LogP contribution >= 0.6 is 0 Å². The van der Waals surface area contributed by atoms with E-state index in [1.54, 1.807) is 24.3 Å². The fourth-order valence-electron chi connectivity index (χ4n) is 5.48. The number of carbonyl (C=O) groups is 1. The molecule has 12 heteroatoms. The molecule has 2 fully saturated rings. The number of anilines is 2. The lowest BCUT2D eigenvalue weighted by molar-refractivity contribution is -0.121. The number of halogens is 2. The summed E-state index contributed by atoms with van der Waals surface area (Å²) in [4.78, 5) is 29.6. The van der Waals surface area contributed by atoms with Gasteiger partial charge in [-0.15, -0.1) is 0 Å². The molecule has 1 aliphatic carbocycles. The summed E-state index contributed by atoms with van der Waals surface area (Å²) in [7, 11) is 3.77. The van der Waals surface area contributed by atoms with Crippen LogP contribution in [0.15, 0.2) is 30.3 Å². The molecule has 1 saturated carbocycles. The number of rotatable bonds is 10. The molecule has 216 valence electrons. The Hall–Kier alpha value is -3.38.